The van der Waals surface area contributed by atoms with Crippen molar-refractivity contribution in [2.75, 3.05) is 0 Å². The zero-order valence-corrected chi connectivity index (χ0v) is 15.8. The number of rotatable bonds is 6. The Morgan fingerprint density at radius 2 is 1.81 bits per heavy atom. The third-order valence-electron chi connectivity index (χ3n) is 3.89. The first-order valence-corrected chi connectivity index (χ1v) is 9.57. The lowest BCUT2D eigenvalue weighted by Gasteiger charge is -2.24. The van der Waals surface area contributed by atoms with E-state index in [2.05, 4.69) is 15.4 Å². The molecule has 2 aromatic heterocycles. The highest BCUT2D eigenvalue weighted by Gasteiger charge is 2.34. The predicted molar refractivity (Wildman–Crippen MR) is 93.6 cm³/mol. The number of nitrogens with zero attached hydrogens (tertiary/aromatic N) is 4. The molecule has 0 unspecified atom stereocenters. The summed E-state index contributed by atoms with van der Waals surface area (Å²) in [7, 11) is -3.82. The van der Waals surface area contributed by atoms with Gasteiger partial charge < -0.3 is 8.94 Å². The maximum Gasteiger partial charge on any atom is 0.249 e. The number of hydrogen-bond donors (Lipinski definition) is 0. The maximum atomic E-state index is 13.1. The standard InChI is InChI=1S/C17H20N4O4S/c1-11(2)21(26(22,23)16-12(3)20-25-13(16)4)10-15-18-19-17(24-15)14-8-6-5-7-9-14/h5-9,11H,10H2,1-4H3. The molecule has 3 rings (SSSR count). The molecule has 138 valence electrons. The van der Waals surface area contributed by atoms with Crippen LogP contribution >= 0.6 is 0 Å². The summed E-state index contributed by atoms with van der Waals surface area (Å²) in [6, 6.07) is 8.98. The van der Waals surface area contributed by atoms with Gasteiger partial charge in [-0.2, -0.15) is 4.31 Å². The molecule has 0 bridgehead atoms. The third-order valence-corrected chi connectivity index (χ3v) is 6.16. The molecule has 0 atom stereocenters. The molecular weight excluding hydrogens is 356 g/mol. The van der Waals surface area contributed by atoms with Crippen molar-refractivity contribution in [2.24, 2.45) is 0 Å². The highest BCUT2D eigenvalue weighted by Crippen LogP contribution is 2.27. The van der Waals surface area contributed by atoms with Gasteiger partial charge in [0.25, 0.3) is 0 Å². The van der Waals surface area contributed by atoms with Crippen LogP contribution in [0.5, 0.6) is 0 Å². The first-order valence-electron chi connectivity index (χ1n) is 8.13. The van der Waals surface area contributed by atoms with Crippen LogP contribution in [0.1, 0.15) is 31.2 Å². The molecule has 0 saturated carbocycles. The number of hydrogen-bond acceptors (Lipinski definition) is 7. The van der Waals surface area contributed by atoms with E-state index in [0.717, 1.165) is 5.56 Å². The van der Waals surface area contributed by atoms with Crippen LogP contribution < -0.4 is 0 Å². The molecule has 0 amide bonds. The van der Waals surface area contributed by atoms with Crippen LogP contribution in [-0.4, -0.2) is 34.1 Å². The lowest BCUT2D eigenvalue weighted by atomic mass is 10.2. The minimum Gasteiger partial charge on any atom is -0.419 e. The second kappa shape index (κ2) is 7.00. The van der Waals surface area contributed by atoms with E-state index in [1.54, 1.807) is 27.7 Å². The maximum absolute atomic E-state index is 13.1. The van der Waals surface area contributed by atoms with Gasteiger partial charge in [-0.15, -0.1) is 10.2 Å². The Kier molecular flexibility index (Phi) is 4.92. The molecule has 0 aliphatic carbocycles. The summed E-state index contributed by atoms with van der Waals surface area (Å²) in [6.45, 7) is 6.70. The van der Waals surface area contributed by atoms with Gasteiger partial charge in [0.2, 0.25) is 21.8 Å². The van der Waals surface area contributed by atoms with Gasteiger partial charge in [-0.05, 0) is 39.8 Å². The molecule has 0 fully saturated rings. The quantitative estimate of drug-likeness (QED) is 0.651. The number of benzene rings is 1. The van der Waals surface area contributed by atoms with E-state index in [0.29, 0.717) is 11.6 Å². The fraction of sp³-hybridized carbons (Fsp3) is 0.353. The average molecular weight is 376 g/mol. The van der Waals surface area contributed by atoms with E-state index in [4.69, 9.17) is 8.94 Å². The van der Waals surface area contributed by atoms with Crippen LogP contribution in [0.15, 0.2) is 44.2 Å². The van der Waals surface area contributed by atoms with Crippen LogP contribution in [0.3, 0.4) is 0 Å². The molecule has 1 aromatic carbocycles. The number of aryl methyl sites for hydroxylation is 2. The van der Waals surface area contributed by atoms with Crippen LogP contribution in [0.4, 0.5) is 0 Å². The van der Waals surface area contributed by atoms with E-state index in [1.807, 2.05) is 30.3 Å². The van der Waals surface area contributed by atoms with E-state index < -0.39 is 10.0 Å². The van der Waals surface area contributed by atoms with Crippen LogP contribution in [0.25, 0.3) is 11.5 Å². The minimum atomic E-state index is -3.82. The lowest BCUT2D eigenvalue weighted by Crippen LogP contribution is -2.37. The zero-order chi connectivity index (χ0) is 18.9. The number of aromatic nitrogens is 3. The molecule has 9 heteroatoms. The van der Waals surface area contributed by atoms with E-state index >= 15 is 0 Å². The monoisotopic (exact) mass is 376 g/mol. The molecule has 26 heavy (non-hydrogen) atoms. The topological polar surface area (TPSA) is 102 Å². The summed E-state index contributed by atoms with van der Waals surface area (Å²) in [4.78, 5) is 0.0778. The molecule has 2 heterocycles. The summed E-state index contributed by atoms with van der Waals surface area (Å²) in [5, 5.41) is 11.7. The van der Waals surface area contributed by atoms with Crippen molar-refractivity contribution in [2.45, 2.75) is 45.2 Å². The second-order valence-corrected chi connectivity index (χ2v) is 7.99. The first kappa shape index (κ1) is 18.3. The average Bonchev–Trinajstić information content (AvgIpc) is 3.20. The second-order valence-electron chi connectivity index (χ2n) is 6.16. The smallest absolute Gasteiger partial charge is 0.249 e. The molecule has 3 aromatic rings. The normalized spacial score (nSPS) is 12.2. The summed E-state index contributed by atoms with van der Waals surface area (Å²) >= 11 is 0. The molecule has 0 saturated heterocycles. The molecule has 0 N–H and O–H groups in total. The van der Waals surface area contributed by atoms with E-state index in [1.165, 1.54) is 4.31 Å². The Bertz CT molecular complexity index is 973. The van der Waals surface area contributed by atoms with Crippen LogP contribution in [0.2, 0.25) is 0 Å². The molecule has 0 spiro atoms. The fourth-order valence-electron chi connectivity index (χ4n) is 2.65. The van der Waals surface area contributed by atoms with Crippen LogP contribution in [0, 0.1) is 13.8 Å². The van der Waals surface area contributed by atoms with Crippen LogP contribution in [-0.2, 0) is 16.6 Å². The highest BCUT2D eigenvalue weighted by molar-refractivity contribution is 7.89. The molecule has 0 radical (unpaired) electrons. The first-order chi connectivity index (χ1) is 12.3. The minimum absolute atomic E-state index is 0.0378. The number of sulfonamides is 1. The summed E-state index contributed by atoms with van der Waals surface area (Å²) < 4.78 is 38.2. The Morgan fingerprint density at radius 3 is 2.38 bits per heavy atom. The van der Waals surface area contributed by atoms with Gasteiger partial charge in [-0.1, -0.05) is 23.4 Å². The van der Waals surface area contributed by atoms with Crippen molar-refractivity contribution in [3.8, 4) is 11.5 Å². The SMILES string of the molecule is Cc1noc(C)c1S(=O)(=O)N(Cc1nnc(-c2ccccc2)o1)C(C)C. The van der Waals surface area contributed by atoms with E-state index in [9.17, 15) is 8.42 Å². The highest BCUT2D eigenvalue weighted by atomic mass is 32.2. The van der Waals surface area contributed by atoms with Crippen molar-refractivity contribution in [1.82, 2.24) is 19.7 Å². The third kappa shape index (κ3) is 3.40. The van der Waals surface area contributed by atoms with Gasteiger partial charge in [0.1, 0.15) is 10.6 Å². The molecule has 8 nitrogen and oxygen atoms in total. The summed E-state index contributed by atoms with van der Waals surface area (Å²) in [6.07, 6.45) is 0. The van der Waals surface area contributed by atoms with Crippen molar-refractivity contribution in [3.05, 3.63) is 47.7 Å². The Hall–Kier alpha value is -2.52. The zero-order valence-electron chi connectivity index (χ0n) is 15.0. The molecular formula is C17H20N4O4S. The fourth-order valence-corrected chi connectivity index (χ4v) is 4.53. The Balaban J connectivity index is 1.92. The van der Waals surface area contributed by atoms with Gasteiger partial charge >= 0.3 is 0 Å². The van der Waals surface area contributed by atoms with Crippen molar-refractivity contribution in [1.29, 1.82) is 0 Å². The Labute approximate surface area is 151 Å². The molecule has 0 aliphatic rings. The van der Waals surface area contributed by atoms with Gasteiger partial charge in [-0.25, -0.2) is 8.42 Å². The van der Waals surface area contributed by atoms with E-state index in [-0.39, 0.29) is 29.1 Å². The predicted octanol–water partition coefficient (Wildman–Crippen LogP) is 2.94. The van der Waals surface area contributed by atoms with Gasteiger partial charge in [-0.3, -0.25) is 0 Å². The molecule has 0 aliphatic heterocycles. The van der Waals surface area contributed by atoms with Crippen molar-refractivity contribution < 1.29 is 17.4 Å². The summed E-state index contributed by atoms with van der Waals surface area (Å²) in [5.41, 5.74) is 1.10. The summed E-state index contributed by atoms with van der Waals surface area (Å²) in [5.74, 6) is 0.815. The van der Waals surface area contributed by atoms with Gasteiger partial charge in [0.05, 0.1) is 6.54 Å². The lowest BCUT2D eigenvalue weighted by molar-refractivity contribution is 0.312. The van der Waals surface area contributed by atoms with Gasteiger partial charge in [0.15, 0.2) is 5.76 Å². The van der Waals surface area contributed by atoms with Crippen molar-refractivity contribution in [3.63, 3.8) is 0 Å². The van der Waals surface area contributed by atoms with Crippen molar-refractivity contribution >= 4 is 10.0 Å². The Morgan fingerprint density at radius 1 is 1.12 bits per heavy atom. The largest absolute Gasteiger partial charge is 0.419 e. The van der Waals surface area contributed by atoms with Gasteiger partial charge in [0, 0.05) is 11.6 Å².